The van der Waals surface area contributed by atoms with E-state index < -0.39 is 0 Å². The second kappa shape index (κ2) is 6.20. The first-order valence-corrected chi connectivity index (χ1v) is 6.93. The first-order chi connectivity index (χ1) is 8.25. The van der Waals surface area contributed by atoms with Crippen LogP contribution in [0.2, 0.25) is 0 Å². The van der Waals surface area contributed by atoms with Gasteiger partial charge in [0.05, 0.1) is 6.20 Å². The van der Waals surface area contributed by atoms with Crippen molar-refractivity contribution in [1.82, 2.24) is 10.3 Å². The van der Waals surface area contributed by atoms with E-state index in [0.29, 0.717) is 12.0 Å². The largest absolute Gasteiger partial charge is 0.445 e. The molecular weight excluding hydrogens is 212 g/mol. The molecule has 1 aliphatic rings. The molecule has 1 N–H and O–H groups in total. The average Bonchev–Trinajstić information content (AvgIpc) is 2.94. The molecule has 0 unspecified atom stereocenters. The molecule has 0 amide bonds. The van der Waals surface area contributed by atoms with E-state index >= 15 is 0 Å². The summed E-state index contributed by atoms with van der Waals surface area (Å²) in [6.45, 7) is 5.38. The van der Waals surface area contributed by atoms with Gasteiger partial charge in [-0.05, 0) is 25.8 Å². The molecule has 0 aromatic carbocycles. The highest BCUT2D eigenvalue weighted by atomic mass is 16.4. The highest BCUT2D eigenvalue weighted by molar-refractivity contribution is 5.03. The summed E-state index contributed by atoms with van der Waals surface area (Å²) in [6.07, 6.45) is 9.25. The van der Waals surface area contributed by atoms with E-state index in [9.17, 15) is 0 Å². The molecular formula is C14H24N2O. The second-order valence-corrected chi connectivity index (χ2v) is 5.35. The lowest BCUT2D eigenvalue weighted by Crippen LogP contribution is -2.23. The smallest absolute Gasteiger partial charge is 0.194 e. The van der Waals surface area contributed by atoms with Gasteiger partial charge in [-0.15, -0.1) is 0 Å². The second-order valence-electron chi connectivity index (χ2n) is 5.35. The van der Waals surface area contributed by atoms with Gasteiger partial charge in [0.15, 0.2) is 5.89 Å². The molecule has 0 spiro atoms. The van der Waals surface area contributed by atoms with Crippen LogP contribution in [0.15, 0.2) is 10.6 Å². The lowest BCUT2D eigenvalue weighted by atomic mass is 10.1. The van der Waals surface area contributed by atoms with Gasteiger partial charge >= 0.3 is 0 Å². The van der Waals surface area contributed by atoms with Crippen LogP contribution in [0, 0.1) is 0 Å². The van der Waals surface area contributed by atoms with Gasteiger partial charge in [-0.25, -0.2) is 4.98 Å². The summed E-state index contributed by atoms with van der Waals surface area (Å²) in [6, 6.07) is 0.564. The van der Waals surface area contributed by atoms with Gasteiger partial charge < -0.3 is 9.73 Å². The quantitative estimate of drug-likeness (QED) is 0.770. The van der Waals surface area contributed by atoms with E-state index in [-0.39, 0.29) is 0 Å². The van der Waals surface area contributed by atoms with Gasteiger partial charge in [-0.1, -0.05) is 26.7 Å². The normalized spacial score (nSPS) is 17.1. The number of hydrogen-bond donors (Lipinski definition) is 1. The number of hydrogen-bond acceptors (Lipinski definition) is 3. The Kier molecular flexibility index (Phi) is 4.60. The molecule has 1 aromatic rings. The highest BCUT2D eigenvalue weighted by Crippen LogP contribution is 2.34. The molecule has 17 heavy (non-hydrogen) atoms. The molecule has 96 valence electrons. The predicted octanol–water partition coefficient (Wildman–Crippen LogP) is 3.26. The molecule has 1 aromatic heterocycles. The Morgan fingerprint density at radius 3 is 2.88 bits per heavy atom. The molecule has 0 saturated heterocycles. The molecule has 3 nitrogen and oxygen atoms in total. The van der Waals surface area contributed by atoms with Gasteiger partial charge in [-0.3, -0.25) is 0 Å². The van der Waals surface area contributed by atoms with Crippen molar-refractivity contribution < 1.29 is 4.42 Å². The molecule has 1 saturated carbocycles. The molecule has 0 radical (unpaired) electrons. The molecule has 3 heteroatoms. The van der Waals surface area contributed by atoms with Crippen LogP contribution in [0.25, 0.3) is 0 Å². The minimum atomic E-state index is 0.564. The van der Waals surface area contributed by atoms with Crippen LogP contribution in [-0.2, 0) is 6.42 Å². The Morgan fingerprint density at radius 2 is 2.18 bits per heavy atom. The molecule has 0 atom stereocenters. The summed E-state index contributed by atoms with van der Waals surface area (Å²) in [4.78, 5) is 4.38. The van der Waals surface area contributed by atoms with Crippen molar-refractivity contribution >= 4 is 0 Å². The minimum Gasteiger partial charge on any atom is -0.445 e. The number of nitrogens with zero attached hydrogens (tertiary/aromatic N) is 1. The van der Waals surface area contributed by atoms with Crippen molar-refractivity contribution in [3.8, 4) is 0 Å². The number of aromatic nitrogens is 1. The number of oxazole rings is 1. The Morgan fingerprint density at radius 1 is 1.41 bits per heavy atom. The van der Waals surface area contributed by atoms with Crippen molar-refractivity contribution in [1.29, 1.82) is 0 Å². The SMILES string of the molecule is CC(C)NCCCc1ncc(C2CCCC2)o1. The van der Waals surface area contributed by atoms with E-state index in [0.717, 1.165) is 31.0 Å². The third-order valence-corrected chi connectivity index (χ3v) is 3.45. The zero-order chi connectivity index (χ0) is 12.1. The Labute approximate surface area is 104 Å². The minimum absolute atomic E-state index is 0.564. The van der Waals surface area contributed by atoms with Crippen LogP contribution in [0.1, 0.15) is 63.5 Å². The Hall–Kier alpha value is -0.830. The zero-order valence-corrected chi connectivity index (χ0v) is 11.0. The zero-order valence-electron chi connectivity index (χ0n) is 11.0. The van der Waals surface area contributed by atoms with Crippen LogP contribution in [-0.4, -0.2) is 17.6 Å². The van der Waals surface area contributed by atoms with E-state index in [1.54, 1.807) is 0 Å². The van der Waals surface area contributed by atoms with Crippen molar-refractivity contribution in [3.63, 3.8) is 0 Å². The Balaban J connectivity index is 1.74. The summed E-state index contributed by atoms with van der Waals surface area (Å²) in [5, 5.41) is 3.41. The fourth-order valence-corrected chi connectivity index (χ4v) is 2.47. The molecule has 2 rings (SSSR count). The topological polar surface area (TPSA) is 38.1 Å². The monoisotopic (exact) mass is 236 g/mol. The fraction of sp³-hybridized carbons (Fsp3) is 0.786. The van der Waals surface area contributed by atoms with Crippen molar-refractivity contribution in [2.24, 2.45) is 0 Å². The van der Waals surface area contributed by atoms with Gasteiger partial charge in [0.2, 0.25) is 0 Å². The van der Waals surface area contributed by atoms with E-state index in [4.69, 9.17) is 4.42 Å². The molecule has 1 heterocycles. The lowest BCUT2D eigenvalue weighted by Gasteiger charge is -2.06. The van der Waals surface area contributed by atoms with Crippen LogP contribution in [0.5, 0.6) is 0 Å². The summed E-state index contributed by atoms with van der Waals surface area (Å²) < 4.78 is 5.84. The summed E-state index contributed by atoms with van der Waals surface area (Å²) in [7, 11) is 0. The Bertz CT molecular complexity index is 327. The third-order valence-electron chi connectivity index (χ3n) is 3.45. The van der Waals surface area contributed by atoms with Gasteiger partial charge in [0.1, 0.15) is 5.76 Å². The number of nitrogens with one attached hydrogen (secondary N) is 1. The molecule has 1 aliphatic carbocycles. The summed E-state index contributed by atoms with van der Waals surface area (Å²) in [5.74, 6) is 2.68. The van der Waals surface area contributed by atoms with Crippen molar-refractivity contribution in [2.45, 2.75) is 64.3 Å². The third kappa shape index (κ3) is 3.84. The lowest BCUT2D eigenvalue weighted by molar-refractivity contribution is 0.417. The van der Waals surface area contributed by atoms with Crippen LogP contribution < -0.4 is 5.32 Å². The first-order valence-electron chi connectivity index (χ1n) is 6.93. The predicted molar refractivity (Wildman–Crippen MR) is 69.2 cm³/mol. The molecule has 0 bridgehead atoms. The van der Waals surface area contributed by atoms with Crippen molar-refractivity contribution in [2.75, 3.05) is 6.54 Å². The number of rotatable bonds is 6. The van der Waals surface area contributed by atoms with Crippen LogP contribution in [0.4, 0.5) is 0 Å². The van der Waals surface area contributed by atoms with E-state index in [1.165, 1.54) is 25.7 Å². The fourth-order valence-electron chi connectivity index (χ4n) is 2.47. The van der Waals surface area contributed by atoms with Crippen molar-refractivity contribution in [3.05, 3.63) is 17.8 Å². The summed E-state index contributed by atoms with van der Waals surface area (Å²) >= 11 is 0. The van der Waals surface area contributed by atoms with E-state index in [1.807, 2.05) is 6.20 Å². The summed E-state index contributed by atoms with van der Waals surface area (Å²) in [5.41, 5.74) is 0. The highest BCUT2D eigenvalue weighted by Gasteiger charge is 2.20. The first kappa shape index (κ1) is 12.6. The van der Waals surface area contributed by atoms with Crippen LogP contribution in [0.3, 0.4) is 0 Å². The van der Waals surface area contributed by atoms with Gasteiger partial charge in [0, 0.05) is 18.4 Å². The molecule has 0 aliphatic heterocycles. The molecule has 1 fully saturated rings. The standard InChI is InChI=1S/C14H24N2O/c1-11(2)15-9-5-8-14-16-10-13(17-14)12-6-3-4-7-12/h10-12,15H,3-9H2,1-2H3. The maximum absolute atomic E-state index is 5.84. The van der Waals surface area contributed by atoms with E-state index in [2.05, 4.69) is 24.1 Å². The van der Waals surface area contributed by atoms with Gasteiger partial charge in [-0.2, -0.15) is 0 Å². The van der Waals surface area contributed by atoms with Crippen LogP contribution >= 0.6 is 0 Å². The average molecular weight is 236 g/mol. The maximum Gasteiger partial charge on any atom is 0.194 e. The van der Waals surface area contributed by atoms with Gasteiger partial charge in [0.25, 0.3) is 0 Å². The number of aryl methyl sites for hydroxylation is 1. The maximum atomic E-state index is 5.84.